The summed E-state index contributed by atoms with van der Waals surface area (Å²) >= 11 is 0. The van der Waals surface area contributed by atoms with Crippen LogP contribution in [0.2, 0.25) is 0 Å². The largest absolute Gasteiger partial charge is 0.481 e. The summed E-state index contributed by atoms with van der Waals surface area (Å²) < 4.78 is 5.15. The van der Waals surface area contributed by atoms with Crippen molar-refractivity contribution in [2.24, 2.45) is 11.7 Å². The van der Waals surface area contributed by atoms with Crippen LogP contribution in [0, 0.1) is 5.92 Å². The lowest BCUT2D eigenvalue weighted by Gasteiger charge is -2.26. The fraction of sp³-hybridized carbons (Fsp3) is 0.875. The summed E-state index contributed by atoms with van der Waals surface area (Å²) in [6.07, 6.45) is 1.87. The van der Waals surface area contributed by atoms with Gasteiger partial charge in [-0.3, -0.25) is 4.79 Å². The lowest BCUT2D eigenvalue weighted by molar-refractivity contribution is -0.137. The molecule has 13 heavy (non-hydrogen) atoms. The fourth-order valence-electron chi connectivity index (χ4n) is 1.51. The normalized spacial score (nSPS) is 20.4. The Balaban J connectivity index is 0.00000144. The second kappa shape index (κ2) is 6.18. The molecule has 0 aromatic carbocycles. The lowest BCUT2D eigenvalue weighted by Crippen LogP contribution is -2.36. The number of nitrogens with two attached hydrogens (primary N) is 1. The highest BCUT2D eigenvalue weighted by molar-refractivity contribution is 5.85. The Morgan fingerprint density at radius 1 is 1.54 bits per heavy atom. The SMILES string of the molecule is Cl.NC(CC(=O)O)C1CCOCC1. The van der Waals surface area contributed by atoms with E-state index in [0.717, 1.165) is 26.1 Å². The molecule has 0 saturated carbocycles. The number of rotatable bonds is 3. The molecule has 0 radical (unpaired) electrons. The fourth-order valence-corrected chi connectivity index (χ4v) is 1.51. The van der Waals surface area contributed by atoms with Crippen molar-refractivity contribution in [3.8, 4) is 0 Å². The first kappa shape index (κ1) is 12.7. The summed E-state index contributed by atoms with van der Waals surface area (Å²) in [4.78, 5) is 10.3. The second-order valence-electron chi connectivity index (χ2n) is 3.21. The standard InChI is InChI=1S/C8H15NO3.ClH/c9-7(5-8(10)11)6-1-3-12-4-2-6;/h6-7H,1-5,9H2,(H,10,11);1H. The first-order valence-corrected chi connectivity index (χ1v) is 4.25. The van der Waals surface area contributed by atoms with E-state index in [4.69, 9.17) is 15.6 Å². The predicted octanol–water partition coefficient (Wildman–Crippen LogP) is 0.637. The zero-order valence-electron chi connectivity index (χ0n) is 7.44. The summed E-state index contributed by atoms with van der Waals surface area (Å²) in [5.74, 6) is -0.483. The highest BCUT2D eigenvalue weighted by Crippen LogP contribution is 2.19. The predicted molar refractivity (Wildman–Crippen MR) is 51.0 cm³/mol. The van der Waals surface area contributed by atoms with E-state index in [2.05, 4.69) is 0 Å². The van der Waals surface area contributed by atoms with Crippen LogP contribution in [-0.2, 0) is 9.53 Å². The number of ether oxygens (including phenoxy) is 1. The minimum Gasteiger partial charge on any atom is -0.481 e. The lowest BCUT2D eigenvalue weighted by atomic mass is 9.90. The van der Waals surface area contributed by atoms with Crippen LogP contribution < -0.4 is 5.73 Å². The van der Waals surface area contributed by atoms with E-state index in [9.17, 15) is 4.79 Å². The van der Waals surface area contributed by atoms with Crippen LogP contribution in [0.3, 0.4) is 0 Å². The molecule has 1 heterocycles. The minimum atomic E-state index is -0.811. The number of aliphatic carboxylic acids is 1. The molecule has 1 atom stereocenters. The Labute approximate surface area is 83.9 Å². The Morgan fingerprint density at radius 2 is 2.08 bits per heavy atom. The molecular formula is C8H16ClNO3. The maximum absolute atomic E-state index is 10.3. The number of carbonyl (C=O) groups is 1. The van der Waals surface area contributed by atoms with E-state index in [1.165, 1.54) is 0 Å². The molecule has 1 aliphatic heterocycles. The van der Waals surface area contributed by atoms with Crippen molar-refractivity contribution in [3.63, 3.8) is 0 Å². The minimum absolute atomic E-state index is 0. The molecule has 4 nitrogen and oxygen atoms in total. The summed E-state index contributed by atoms with van der Waals surface area (Å²) in [5, 5.41) is 8.50. The van der Waals surface area contributed by atoms with Gasteiger partial charge >= 0.3 is 5.97 Å². The molecule has 1 rings (SSSR count). The molecule has 0 aliphatic carbocycles. The maximum Gasteiger partial charge on any atom is 0.304 e. The zero-order valence-corrected chi connectivity index (χ0v) is 8.26. The van der Waals surface area contributed by atoms with Crippen molar-refractivity contribution < 1.29 is 14.6 Å². The maximum atomic E-state index is 10.3. The van der Waals surface area contributed by atoms with Crippen LogP contribution in [0.1, 0.15) is 19.3 Å². The summed E-state index contributed by atoms with van der Waals surface area (Å²) in [7, 11) is 0. The third-order valence-corrected chi connectivity index (χ3v) is 2.28. The number of carboxylic acids is 1. The van der Waals surface area contributed by atoms with E-state index in [-0.39, 0.29) is 24.9 Å². The van der Waals surface area contributed by atoms with Crippen molar-refractivity contribution in [1.29, 1.82) is 0 Å². The highest BCUT2D eigenvalue weighted by atomic mass is 35.5. The Kier molecular flexibility index (Phi) is 6.03. The summed E-state index contributed by atoms with van der Waals surface area (Å²) in [6.45, 7) is 1.44. The molecular weight excluding hydrogens is 194 g/mol. The molecule has 78 valence electrons. The molecule has 0 aromatic heterocycles. The quantitative estimate of drug-likeness (QED) is 0.716. The highest BCUT2D eigenvalue weighted by Gasteiger charge is 2.22. The molecule has 1 aliphatic rings. The van der Waals surface area contributed by atoms with Crippen molar-refractivity contribution in [2.75, 3.05) is 13.2 Å². The van der Waals surface area contributed by atoms with E-state index < -0.39 is 5.97 Å². The van der Waals surface area contributed by atoms with Crippen LogP contribution in [0.5, 0.6) is 0 Å². The van der Waals surface area contributed by atoms with Gasteiger partial charge in [0.25, 0.3) is 0 Å². The first-order chi connectivity index (χ1) is 5.70. The zero-order chi connectivity index (χ0) is 8.97. The van der Waals surface area contributed by atoms with Crippen LogP contribution >= 0.6 is 12.4 Å². The number of carboxylic acid groups (broad SMARTS) is 1. The van der Waals surface area contributed by atoms with Gasteiger partial charge in [-0.15, -0.1) is 12.4 Å². The van der Waals surface area contributed by atoms with E-state index in [1.54, 1.807) is 0 Å². The van der Waals surface area contributed by atoms with Crippen LogP contribution in [0.25, 0.3) is 0 Å². The number of halogens is 1. The van der Waals surface area contributed by atoms with Gasteiger partial charge in [-0.1, -0.05) is 0 Å². The second-order valence-corrected chi connectivity index (χ2v) is 3.21. The van der Waals surface area contributed by atoms with Crippen LogP contribution in [0.15, 0.2) is 0 Å². The molecule has 3 N–H and O–H groups in total. The average Bonchev–Trinajstić information content (AvgIpc) is 2.05. The van der Waals surface area contributed by atoms with Crippen molar-refractivity contribution >= 4 is 18.4 Å². The van der Waals surface area contributed by atoms with Gasteiger partial charge in [0.15, 0.2) is 0 Å². The summed E-state index contributed by atoms with van der Waals surface area (Å²) in [5.41, 5.74) is 5.71. The Morgan fingerprint density at radius 3 is 2.54 bits per heavy atom. The molecule has 0 spiro atoms. The van der Waals surface area contributed by atoms with Crippen molar-refractivity contribution in [3.05, 3.63) is 0 Å². The Bertz CT molecular complexity index is 159. The number of hydrogen-bond donors (Lipinski definition) is 2. The van der Waals surface area contributed by atoms with Gasteiger partial charge in [0.2, 0.25) is 0 Å². The molecule has 1 fully saturated rings. The van der Waals surface area contributed by atoms with Gasteiger partial charge in [0, 0.05) is 19.3 Å². The third-order valence-electron chi connectivity index (χ3n) is 2.28. The van der Waals surface area contributed by atoms with Crippen LogP contribution in [-0.4, -0.2) is 30.3 Å². The smallest absolute Gasteiger partial charge is 0.304 e. The first-order valence-electron chi connectivity index (χ1n) is 4.25. The van der Waals surface area contributed by atoms with Gasteiger partial charge in [-0.05, 0) is 18.8 Å². The molecule has 0 bridgehead atoms. The van der Waals surface area contributed by atoms with Gasteiger partial charge in [-0.25, -0.2) is 0 Å². The van der Waals surface area contributed by atoms with Crippen LogP contribution in [0.4, 0.5) is 0 Å². The monoisotopic (exact) mass is 209 g/mol. The molecule has 5 heteroatoms. The van der Waals surface area contributed by atoms with E-state index >= 15 is 0 Å². The molecule has 1 unspecified atom stereocenters. The third kappa shape index (κ3) is 4.45. The number of hydrogen-bond acceptors (Lipinski definition) is 3. The van der Waals surface area contributed by atoms with Crippen molar-refractivity contribution in [2.45, 2.75) is 25.3 Å². The Hall–Kier alpha value is -0.320. The van der Waals surface area contributed by atoms with E-state index in [1.807, 2.05) is 0 Å². The van der Waals surface area contributed by atoms with Gasteiger partial charge in [0.1, 0.15) is 0 Å². The van der Waals surface area contributed by atoms with Gasteiger partial charge < -0.3 is 15.6 Å². The van der Waals surface area contributed by atoms with E-state index in [0.29, 0.717) is 5.92 Å². The topological polar surface area (TPSA) is 72.6 Å². The van der Waals surface area contributed by atoms with Gasteiger partial charge in [0.05, 0.1) is 6.42 Å². The average molecular weight is 210 g/mol. The van der Waals surface area contributed by atoms with Gasteiger partial charge in [-0.2, -0.15) is 0 Å². The summed E-state index contributed by atoms with van der Waals surface area (Å²) in [6, 6.07) is -0.202. The van der Waals surface area contributed by atoms with Crippen molar-refractivity contribution in [1.82, 2.24) is 0 Å². The molecule has 0 aromatic rings. The molecule has 1 saturated heterocycles. The molecule has 0 amide bonds.